The molecular formula is C30H26N2O4. The number of rotatable bonds is 6. The number of fused-ring (bicyclic) bond motifs is 2. The van der Waals surface area contributed by atoms with Gasteiger partial charge in [0.15, 0.2) is 0 Å². The molecule has 1 atom stereocenters. The van der Waals surface area contributed by atoms with Crippen molar-refractivity contribution in [2.24, 2.45) is 5.92 Å². The fraction of sp³-hybridized carbons (Fsp3) is 0.167. The van der Waals surface area contributed by atoms with E-state index >= 15 is 0 Å². The Bertz CT molecular complexity index is 1490. The van der Waals surface area contributed by atoms with Crippen LogP contribution in [0.2, 0.25) is 0 Å². The van der Waals surface area contributed by atoms with E-state index in [1.807, 2.05) is 84.9 Å². The highest BCUT2D eigenvalue weighted by atomic mass is 16.4. The first-order valence-electron chi connectivity index (χ1n) is 11.9. The molecule has 5 rings (SSSR count). The number of benzene rings is 4. The third kappa shape index (κ3) is 4.33. The van der Waals surface area contributed by atoms with Crippen molar-refractivity contribution < 1.29 is 19.5 Å². The SMILES string of the molecule is CC(C)[C@@H](C(=O)O)N1Cc2ccc(-c3ccc(NC(=O)c4ccc5ccccc5c4)cc3)cc2C1=O. The van der Waals surface area contributed by atoms with Crippen LogP contribution < -0.4 is 5.32 Å². The van der Waals surface area contributed by atoms with Crippen LogP contribution in [0.15, 0.2) is 84.9 Å². The molecule has 0 spiro atoms. The van der Waals surface area contributed by atoms with Crippen molar-refractivity contribution in [1.82, 2.24) is 4.90 Å². The van der Waals surface area contributed by atoms with E-state index in [4.69, 9.17) is 0 Å². The van der Waals surface area contributed by atoms with Crippen LogP contribution in [0.25, 0.3) is 21.9 Å². The van der Waals surface area contributed by atoms with E-state index in [-0.39, 0.29) is 17.7 Å². The zero-order valence-corrected chi connectivity index (χ0v) is 20.1. The minimum absolute atomic E-state index is 0.185. The molecule has 1 heterocycles. The van der Waals surface area contributed by atoms with Crippen molar-refractivity contribution in [2.75, 3.05) is 5.32 Å². The normalized spacial score (nSPS) is 13.6. The molecule has 0 aliphatic carbocycles. The predicted molar refractivity (Wildman–Crippen MR) is 140 cm³/mol. The summed E-state index contributed by atoms with van der Waals surface area (Å²) in [6.45, 7) is 3.91. The second-order valence-electron chi connectivity index (χ2n) is 9.43. The fourth-order valence-electron chi connectivity index (χ4n) is 4.79. The van der Waals surface area contributed by atoms with E-state index in [0.29, 0.717) is 23.4 Å². The van der Waals surface area contributed by atoms with Crippen molar-refractivity contribution >= 4 is 34.2 Å². The zero-order chi connectivity index (χ0) is 25.4. The second-order valence-corrected chi connectivity index (χ2v) is 9.43. The maximum Gasteiger partial charge on any atom is 0.326 e. The van der Waals surface area contributed by atoms with E-state index in [2.05, 4.69) is 5.32 Å². The highest BCUT2D eigenvalue weighted by Crippen LogP contribution is 2.31. The Morgan fingerprint density at radius 3 is 2.25 bits per heavy atom. The molecule has 0 bridgehead atoms. The lowest BCUT2D eigenvalue weighted by Crippen LogP contribution is -2.44. The van der Waals surface area contributed by atoms with Crippen LogP contribution in [0.3, 0.4) is 0 Å². The fourth-order valence-corrected chi connectivity index (χ4v) is 4.79. The summed E-state index contributed by atoms with van der Waals surface area (Å²) in [6, 6.07) is 25.7. The van der Waals surface area contributed by atoms with Crippen LogP contribution in [0.5, 0.6) is 0 Å². The quantitative estimate of drug-likeness (QED) is 0.365. The van der Waals surface area contributed by atoms with Gasteiger partial charge in [0.05, 0.1) is 0 Å². The molecule has 0 saturated heterocycles. The zero-order valence-electron chi connectivity index (χ0n) is 20.1. The number of carbonyl (C=O) groups is 3. The van der Waals surface area contributed by atoms with Crippen LogP contribution in [0, 0.1) is 5.92 Å². The Kier molecular flexibility index (Phi) is 6.02. The highest BCUT2D eigenvalue weighted by molar-refractivity contribution is 6.06. The Hall–Kier alpha value is -4.45. The Morgan fingerprint density at radius 1 is 0.861 bits per heavy atom. The first kappa shape index (κ1) is 23.3. The molecule has 4 aromatic carbocycles. The summed E-state index contributed by atoms with van der Waals surface area (Å²) >= 11 is 0. The summed E-state index contributed by atoms with van der Waals surface area (Å²) in [6.07, 6.45) is 0. The van der Waals surface area contributed by atoms with Crippen LogP contribution >= 0.6 is 0 Å². The first-order valence-corrected chi connectivity index (χ1v) is 11.9. The molecule has 36 heavy (non-hydrogen) atoms. The summed E-state index contributed by atoms with van der Waals surface area (Å²) in [5.41, 5.74) is 4.37. The standard InChI is InChI=1S/C30H26N2O4/c1-18(2)27(30(35)36)32-17-24-10-8-22(16-26(24)29(32)34)20-11-13-25(14-12-20)31-28(33)23-9-7-19-5-3-4-6-21(19)15-23/h3-16,18,27H,17H2,1-2H3,(H,31,33)(H,35,36)/t27-/m0/s1. The van der Waals surface area contributed by atoms with Crippen LogP contribution in [-0.2, 0) is 11.3 Å². The van der Waals surface area contributed by atoms with E-state index in [0.717, 1.165) is 27.5 Å². The number of carboxylic acid groups (broad SMARTS) is 1. The van der Waals surface area contributed by atoms with Crippen LogP contribution in [0.4, 0.5) is 5.69 Å². The van der Waals surface area contributed by atoms with Gasteiger partial charge in [0.25, 0.3) is 11.8 Å². The number of nitrogens with zero attached hydrogens (tertiary/aromatic N) is 1. The van der Waals surface area contributed by atoms with Crippen molar-refractivity contribution in [3.63, 3.8) is 0 Å². The molecule has 0 aromatic heterocycles. The number of amides is 2. The molecule has 0 fully saturated rings. The third-order valence-electron chi connectivity index (χ3n) is 6.65. The summed E-state index contributed by atoms with van der Waals surface area (Å²) < 4.78 is 0. The minimum Gasteiger partial charge on any atom is -0.480 e. The molecule has 2 N–H and O–H groups in total. The highest BCUT2D eigenvalue weighted by Gasteiger charge is 2.38. The summed E-state index contributed by atoms with van der Waals surface area (Å²) in [7, 11) is 0. The van der Waals surface area contributed by atoms with Gasteiger partial charge in [-0.1, -0.05) is 68.4 Å². The molecule has 6 heteroatoms. The maximum absolute atomic E-state index is 13.0. The molecule has 6 nitrogen and oxygen atoms in total. The molecule has 1 aliphatic rings. The molecular weight excluding hydrogens is 452 g/mol. The van der Waals surface area contributed by atoms with Gasteiger partial charge in [-0.15, -0.1) is 0 Å². The average Bonchev–Trinajstić information content (AvgIpc) is 3.19. The minimum atomic E-state index is -0.993. The molecule has 0 unspecified atom stereocenters. The van der Waals surface area contributed by atoms with Crippen LogP contribution in [0.1, 0.15) is 40.1 Å². The lowest BCUT2D eigenvalue weighted by molar-refractivity contribution is -0.144. The molecule has 4 aromatic rings. The largest absolute Gasteiger partial charge is 0.480 e. The summed E-state index contributed by atoms with van der Waals surface area (Å²) in [4.78, 5) is 39.0. The van der Waals surface area contributed by atoms with E-state index < -0.39 is 12.0 Å². The number of hydrogen-bond acceptors (Lipinski definition) is 3. The maximum atomic E-state index is 13.0. The van der Waals surface area contributed by atoms with Gasteiger partial charge in [0.1, 0.15) is 6.04 Å². The number of carbonyl (C=O) groups excluding carboxylic acids is 2. The molecule has 0 radical (unpaired) electrons. The Morgan fingerprint density at radius 2 is 1.56 bits per heavy atom. The molecule has 2 amide bonds. The second kappa shape index (κ2) is 9.30. The van der Waals surface area contributed by atoms with Gasteiger partial charge in [0, 0.05) is 23.4 Å². The Balaban J connectivity index is 1.33. The topological polar surface area (TPSA) is 86.7 Å². The van der Waals surface area contributed by atoms with Crippen molar-refractivity contribution in [3.05, 3.63) is 102 Å². The van der Waals surface area contributed by atoms with Crippen molar-refractivity contribution in [2.45, 2.75) is 26.4 Å². The number of nitrogens with one attached hydrogen (secondary N) is 1. The molecule has 0 saturated carbocycles. The predicted octanol–water partition coefficient (Wildman–Crippen LogP) is 5.82. The lowest BCUT2D eigenvalue weighted by Gasteiger charge is -2.27. The van der Waals surface area contributed by atoms with Gasteiger partial charge in [-0.3, -0.25) is 9.59 Å². The van der Waals surface area contributed by atoms with E-state index in [9.17, 15) is 19.5 Å². The van der Waals surface area contributed by atoms with Crippen LogP contribution in [-0.4, -0.2) is 33.8 Å². The summed E-state index contributed by atoms with van der Waals surface area (Å²) in [5, 5.41) is 14.6. The first-order chi connectivity index (χ1) is 17.3. The molecule has 1 aliphatic heterocycles. The third-order valence-corrected chi connectivity index (χ3v) is 6.65. The van der Waals surface area contributed by atoms with Crippen molar-refractivity contribution in [1.29, 1.82) is 0 Å². The smallest absolute Gasteiger partial charge is 0.326 e. The summed E-state index contributed by atoms with van der Waals surface area (Å²) in [5.74, 6) is -1.63. The number of carboxylic acids is 1. The van der Waals surface area contributed by atoms with Gasteiger partial charge >= 0.3 is 5.97 Å². The number of aliphatic carboxylic acids is 1. The van der Waals surface area contributed by atoms with Crippen molar-refractivity contribution in [3.8, 4) is 11.1 Å². The van der Waals surface area contributed by atoms with Gasteiger partial charge < -0.3 is 15.3 Å². The van der Waals surface area contributed by atoms with Gasteiger partial charge in [-0.05, 0) is 63.7 Å². The average molecular weight is 479 g/mol. The number of hydrogen-bond donors (Lipinski definition) is 2. The van der Waals surface area contributed by atoms with E-state index in [1.54, 1.807) is 13.8 Å². The Labute approximate surface area is 209 Å². The van der Waals surface area contributed by atoms with Gasteiger partial charge in [-0.25, -0.2) is 4.79 Å². The van der Waals surface area contributed by atoms with E-state index in [1.165, 1.54) is 4.90 Å². The van der Waals surface area contributed by atoms with Gasteiger partial charge in [-0.2, -0.15) is 0 Å². The molecule has 180 valence electrons. The number of anilines is 1. The lowest BCUT2D eigenvalue weighted by atomic mass is 10.00. The monoisotopic (exact) mass is 478 g/mol. The van der Waals surface area contributed by atoms with Gasteiger partial charge in [0.2, 0.25) is 0 Å².